The Morgan fingerprint density at radius 2 is 2.16 bits per heavy atom. The van der Waals surface area contributed by atoms with E-state index in [0.717, 1.165) is 30.7 Å². The second-order valence-electron chi connectivity index (χ2n) is 5.13. The van der Waals surface area contributed by atoms with E-state index in [2.05, 4.69) is 6.92 Å². The summed E-state index contributed by atoms with van der Waals surface area (Å²) in [6.07, 6.45) is 3.62. The Balaban J connectivity index is 1.94. The van der Waals surface area contributed by atoms with Gasteiger partial charge in [0.15, 0.2) is 6.20 Å². The van der Waals surface area contributed by atoms with Crippen molar-refractivity contribution in [3.05, 3.63) is 29.6 Å². The average molecular weight is 280 g/mol. The minimum Gasteiger partial charge on any atom is -0.618 e. The first-order valence-corrected chi connectivity index (χ1v) is 7.59. The van der Waals surface area contributed by atoms with Crippen LogP contribution in [0.1, 0.15) is 26.7 Å². The Morgan fingerprint density at radius 3 is 2.79 bits per heavy atom. The van der Waals surface area contributed by atoms with Gasteiger partial charge in [0.2, 0.25) is 5.91 Å². The van der Waals surface area contributed by atoms with Gasteiger partial charge in [0.05, 0.1) is 5.25 Å². The molecule has 0 N–H and O–H groups in total. The van der Waals surface area contributed by atoms with Gasteiger partial charge in [-0.3, -0.25) is 4.79 Å². The third-order valence-electron chi connectivity index (χ3n) is 3.53. The molecule has 1 atom stereocenters. The highest BCUT2D eigenvalue weighted by molar-refractivity contribution is 8.00. The number of pyridine rings is 1. The first-order chi connectivity index (χ1) is 9.08. The van der Waals surface area contributed by atoms with Crippen molar-refractivity contribution in [1.82, 2.24) is 4.90 Å². The number of rotatable bonds is 3. The Morgan fingerprint density at radius 1 is 1.47 bits per heavy atom. The van der Waals surface area contributed by atoms with Crippen molar-refractivity contribution in [1.29, 1.82) is 0 Å². The van der Waals surface area contributed by atoms with Crippen LogP contribution in [0, 0.1) is 11.1 Å². The summed E-state index contributed by atoms with van der Waals surface area (Å²) in [6.45, 7) is 5.79. The van der Waals surface area contributed by atoms with Crippen molar-refractivity contribution in [2.75, 3.05) is 13.1 Å². The SMILES string of the molecule is CC1CCN(C(=O)C(C)Sc2cccc[n+]2[O-])CC1. The van der Waals surface area contributed by atoms with Crippen LogP contribution in [-0.2, 0) is 4.79 Å². The van der Waals surface area contributed by atoms with Gasteiger partial charge in [-0.05, 0) is 43.5 Å². The predicted molar refractivity (Wildman–Crippen MR) is 75.7 cm³/mol. The van der Waals surface area contributed by atoms with E-state index in [-0.39, 0.29) is 11.2 Å². The van der Waals surface area contributed by atoms with Crippen LogP contribution < -0.4 is 4.73 Å². The molecule has 1 aliphatic rings. The number of carbonyl (C=O) groups excluding carboxylic acids is 1. The van der Waals surface area contributed by atoms with E-state index < -0.39 is 0 Å². The molecular formula is C14H20N2O2S. The minimum absolute atomic E-state index is 0.140. The minimum atomic E-state index is -0.212. The van der Waals surface area contributed by atoms with Crippen molar-refractivity contribution in [3.8, 4) is 0 Å². The van der Waals surface area contributed by atoms with Crippen LogP contribution in [0.3, 0.4) is 0 Å². The van der Waals surface area contributed by atoms with E-state index in [1.54, 1.807) is 12.1 Å². The molecule has 0 aliphatic carbocycles. The standard InChI is InChI=1S/C14H20N2O2S/c1-11-6-9-15(10-7-11)14(17)12(2)19-13-5-3-4-8-16(13)18/h3-5,8,11-12H,6-7,9-10H2,1-2H3. The molecule has 1 aromatic heterocycles. The number of nitrogens with zero attached hydrogens (tertiary/aromatic N) is 2. The molecule has 4 nitrogen and oxygen atoms in total. The maximum atomic E-state index is 12.3. The molecular weight excluding hydrogens is 260 g/mol. The molecule has 1 unspecified atom stereocenters. The van der Waals surface area contributed by atoms with E-state index in [1.165, 1.54) is 18.0 Å². The lowest BCUT2D eigenvalue weighted by Gasteiger charge is -2.31. The van der Waals surface area contributed by atoms with Crippen LogP contribution in [0.2, 0.25) is 0 Å². The molecule has 1 fully saturated rings. The number of hydrogen-bond donors (Lipinski definition) is 0. The average Bonchev–Trinajstić information content (AvgIpc) is 2.41. The van der Waals surface area contributed by atoms with Crippen molar-refractivity contribution < 1.29 is 9.52 Å². The zero-order valence-electron chi connectivity index (χ0n) is 11.4. The van der Waals surface area contributed by atoms with Crippen molar-refractivity contribution >= 4 is 17.7 Å². The fourth-order valence-corrected chi connectivity index (χ4v) is 3.16. The van der Waals surface area contributed by atoms with Gasteiger partial charge in [-0.15, -0.1) is 0 Å². The van der Waals surface area contributed by atoms with Gasteiger partial charge in [0.1, 0.15) is 0 Å². The number of thioether (sulfide) groups is 1. The lowest BCUT2D eigenvalue weighted by atomic mass is 9.99. The second-order valence-corrected chi connectivity index (χ2v) is 6.49. The molecule has 1 saturated heterocycles. The zero-order chi connectivity index (χ0) is 13.8. The fraction of sp³-hybridized carbons (Fsp3) is 0.571. The molecule has 2 heterocycles. The summed E-state index contributed by atoms with van der Waals surface area (Å²) in [5.74, 6) is 0.852. The summed E-state index contributed by atoms with van der Waals surface area (Å²) >= 11 is 1.33. The molecule has 0 spiro atoms. The number of carbonyl (C=O) groups is 1. The Labute approximate surface area is 118 Å². The highest BCUT2D eigenvalue weighted by Crippen LogP contribution is 2.23. The number of likely N-dealkylation sites (tertiary alicyclic amines) is 1. The van der Waals surface area contributed by atoms with Gasteiger partial charge in [-0.1, -0.05) is 6.92 Å². The third-order valence-corrected chi connectivity index (χ3v) is 4.64. The van der Waals surface area contributed by atoms with Gasteiger partial charge >= 0.3 is 0 Å². The Bertz CT molecular complexity index is 445. The van der Waals surface area contributed by atoms with Crippen molar-refractivity contribution in [3.63, 3.8) is 0 Å². The first kappa shape index (κ1) is 14.2. The highest BCUT2D eigenvalue weighted by Gasteiger charge is 2.26. The lowest BCUT2D eigenvalue weighted by Crippen LogP contribution is -2.42. The summed E-state index contributed by atoms with van der Waals surface area (Å²) in [6, 6.07) is 5.26. The van der Waals surface area contributed by atoms with E-state index in [9.17, 15) is 10.0 Å². The largest absolute Gasteiger partial charge is 0.618 e. The van der Waals surface area contributed by atoms with Crippen LogP contribution in [0.15, 0.2) is 29.4 Å². The maximum Gasteiger partial charge on any atom is 0.252 e. The summed E-state index contributed by atoms with van der Waals surface area (Å²) in [7, 11) is 0. The molecule has 1 aromatic rings. The quantitative estimate of drug-likeness (QED) is 0.484. The van der Waals surface area contributed by atoms with Gasteiger partial charge in [0.25, 0.3) is 5.03 Å². The zero-order valence-corrected chi connectivity index (χ0v) is 12.2. The van der Waals surface area contributed by atoms with Gasteiger partial charge < -0.3 is 10.1 Å². The van der Waals surface area contributed by atoms with Gasteiger partial charge in [-0.25, -0.2) is 0 Å². The number of aromatic nitrogens is 1. The van der Waals surface area contributed by atoms with Crippen LogP contribution in [0.25, 0.3) is 0 Å². The number of hydrogen-bond acceptors (Lipinski definition) is 3. The van der Waals surface area contributed by atoms with Crippen LogP contribution in [-0.4, -0.2) is 29.1 Å². The molecule has 0 aromatic carbocycles. The number of amides is 1. The summed E-state index contributed by atoms with van der Waals surface area (Å²) in [4.78, 5) is 14.2. The van der Waals surface area contributed by atoms with Crippen LogP contribution in [0.4, 0.5) is 0 Å². The molecule has 0 bridgehead atoms. The van der Waals surface area contributed by atoms with Crippen LogP contribution >= 0.6 is 11.8 Å². The topological polar surface area (TPSA) is 47.2 Å². The summed E-state index contributed by atoms with van der Waals surface area (Å²) < 4.78 is 0.812. The van der Waals surface area contributed by atoms with Crippen molar-refractivity contribution in [2.45, 2.75) is 37.0 Å². The predicted octanol–water partition coefficient (Wildman–Crippen LogP) is 2.06. The molecule has 104 valence electrons. The lowest BCUT2D eigenvalue weighted by molar-refractivity contribution is -0.645. The molecule has 5 heteroatoms. The Kier molecular flexibility index (Phi) is 4.69. The first-order valence-electron chi connectivity index (χ1n) is 6.71. The van der Waals surface area contributed by atoms with E-state index in [1.807, 2.05) is 17.9 Å². The third kappa shape index (κ3) is 3.62. The summed E-state index contributed by atoms with van der Waals surface area (Å²) in [5.41, 5.74) is 0. The normalized spacial score (nSPS) is 18.3. The summed E-state index contributed by atoms with van der Waals surface area (Å²) in [5, 5.41) is 11.9. The van der Waals surface area contributed by atoms with Crippen molar-refractivity contribution in [2.24, 2.45) is 5.92 Å². The van der Waals surface area contributed by atoms with Gasteiger partial charge in [0, 0.05) is 25.2 Å². The van der Waals surface area contributed by atoms with E-state index >= 15 is 0 Å². The molecule has 0 radical (unpaired) electrons. The molecule has 0 saturated carbocycles. The highest BCUT2D eigenvalue weighted by atomic mass is 32.2. The van der Waals surface area contributed by atoms with Gasteiger partial charge in [-0.2, -0.15) is 4.73 Å². The molecule has 2 rings (SSSR count). The smallest absolute Gasteiger partial charge is 0.252 e. The fourth-order valence-electron chi connectivity index (χ4n) is 2.22. The Hall–Kier alpha value is -1.23. The molecule has 19 heavy (non-hydrogen) atoms. The van der Waals surface area contributed by atoms with Crippen LogP contribution in [0.5, 0.6) is 0 Å². The second kappa shape index (κ2) is 6.28. The number of piperidine rings is 1. The monoisotopic (exact) mass is 280 g/mol. The molecule has 1 aliphatic heterocycles. The van der Waals surface area contributed by atoms with E-state index in [0.29, 0.717) is 10.9 Å². The molecule has 1 amide bonds. The maximum absolute atomic E-state index is 12.3. The van der Waals surface area contributed by atoms with E-state index in [4.69, 9.17) is 0 Å².